The van der Waals surface area contributed by atoms with E-state index in [9.17, 15) is 5.11 Å². The second-order valence-corrected chi connectivity index (χ2v) is 4.93. The summed E-state index contributed by atoms with van der Waals surface area (Å²) in [5.74, 6) is 0.475. The molecule has 1 saturated carbocycles. The Kier molecular flexibility index (Phi) is 2.31. The number of hydrogen-bond donors (Lipinski definition) is 1. The van der Waals surface area contributed by atoms with Crippen LogP contribution in [0.15, 0.2) is 24.5 Å². The van der Waals surface area contributed by atoms with Gasteiger partial charge in [-0.3, -0.25) is 4.98 Å². The molecule has 2 unspecified atom stereocenters. The Morgan fingerprint density at radius 1 is 1.64 bits per heavy atom. The lowest BCUT2D eigenvalue weighted by atomic mass is 10.0. The normalized spacial score (nSPS) is 25.8. The third-order valence-corrected chi connectivity index (χ3v) is 3.22. The third-order valence-electron chi connectivity index (χ3n) is 3.22. The van der Waals surface area contributed by atoms with E-state index in [-0.39, 0.29) is 6.10 Å². The lowest BCUT2D eigenvalue weighted by molar-refractivity contribution is 0.137. The number of pyridine rings is 1. The molecule has 0 saturated heterocycles. The summed E-state index contributed by atoms with van der Waals surface area (Å²) in [6, 6.07) is 3.94. The second kappa shape index (κ2) is 3.35. The number of nitrogens with zero attached hydrogens (tertiary/aromatic N) is 1. The van der Waals surface area contributed by atoms with Gasteiger partial charge in [0.2, 0.25) is 0 Å². The number of rotatable bonds is 3. The fourth-order valence-corrected chi connectivity index (χ4v) is 2.07. The first-order chi connectivity index (χ1) is 6.59. The fraction of sp³-hybridized carbons (Fsp3) is 0.583. The molecule has 1 fully saturated rings. The van der Waals surface area contributed by atoms with Crippen molar-refractivity contribution in [3.05, 3.63) is 30.1 Å². The van der Waals surface area contributed by atoms with E-state index in [1.54, 1.807) is 6.20 Å². The number of aliphatic hydroxyl groups excluding tert-OH is 1. The van der Waals surface area contributed by atoms with Gasteiger partial charge in [0.1, 0.15) is 0 Å². The summed E-state index contributed by atoms with van der Waals surface area (Å²) < 4.78 is 0. The summed E-state index contributed by atoms with van der Waals surface area (Å²) >= 11 is 0. The van der Waals surface area contributed by atoms with Gasteiger partial charge < -0.3 is 5.11 Å². The van der Waals surface area contributed by atoms with Crippen LogP contribution in [-0.2, 0) is 6.42 Å². The van der Waals surface area contributed by atoms with Crippen molar-refractivity contribution < 1.29 is 5.11 Å². The Hall–Kier alpha value is -0.890. The minimum absolute atomic E-state index is 0.200. The van der Waals surface area contributed by atoms with Crippen LogP contribution < -0.4 is 0 Å². The molecule has 1 aliphatic carbocycles. The molecule has 2 atom stereocenters. The maximum atomic E-state index is 9.95. The predicted molar refractivity (Wildman–Crippen MR) is 55.8 cm³/mol. The number of aromatic nitrogens is 1. The molecule has 0 radical (unpaired) electrons. The Morgan fingerprint density at radius 3 is 2.86 bits per heavy atom. The topological polar surface area (TPSA) is 33.1 Å². The lowest BCUT2D eigenvalue weighted by Gasteiger charge is -2.11. The Bertz CT molecular complexity index is 307. The molecular formula is C12H17NO. The first kappa shape index (κ1) is 9.66. The van der Waals surface area contributed by atoms with Crippen LogP contribution in [0.3, 0.4) is 0 Å². The number of aliphatic hydroxyl groups is 1. The van der Waals surface area contributed by atoms with E-state index in [1.807, 2.05) is 18.3 Å². The molecule has 0 amide bonds. The quantitative estimate of drug-likeness (QED) is 0.793. The zero-order valence-corrected chi connectivity index (χ0v) is 8.77. The highest BCUT2D eigenvalue weighted by atomic mass is 16.3. The fourth-order valence-electron chi connectivity index (χ4n) is 2.07. The summed E-state index contributed by atoms with van der Waals surface area (Å²) in [6.45, 7) is 4.42. The van der Waals surface area contributed by atoms with Gasteiger partial charge in [-0.1, -0.05) is 19.9 Å². The maximum Gasteiger partial charge on any atom is 0.0614 e. The van der Waals surface area contributed by atoms with Crippen molar-refractivity contribution in [1.82, 2.24) is 4.98 Å². The monoisotopic (exact) mass is 191 g/mol. The molecule has 1 heterocycles. The standard InChI is InChI=1S/C12H17NO/c1-12(2)7-10(12)11(14)6-9-4-3-5-13-8-9/h3-5,8,10-11,14H,6-7H2,1-2H3. The summed E-state index contributed by atoms with van der Waals surface area (Å²) in [5, 5.41) is 9.95. The molecule has 1 aromatic heterocycles. The predicted octanol–water partition coefficient (Wildman–Crippen LogP) is 2.03. The summed E-state index contributed by atoms with van der Waals surface area (Å²) in [4.78, 5) is 4.04. The maximum absolute atomic E-state index is 9.95. The van der Waals surface area contributed by atoms with Gasteiger partial charge in [-0.2, -0.15) is 0 Å². The van der Waals surface area contributed by atoms with Gasteiger partial charge in [-0.15, -0.1) is 0 Å². The van der Waals surface area contributed by atoms with Gasteiger partial charge >= 0.3 is 0 Å². The van der Waals surface area contributed by atoms with E-state index in [0.717, 1.165) is 18.4 Å². The van der Waals surface area contributed by atoms with Gasteiger partial charge in [-0.05, 0) is 29.4 Å². The smallest absolute Gasteiger partial charge is 0.0614 e. The Morgan fingerprint density at radius 2 is 2.36 bits per heavy atom. The molecule has 0 aliphatic heterocycles. The van der Waals surface area contributed by atoms with E-state index < -0.39 is 0 Å². The zero-order valence-electron chi connectivity index (χ0n) is 8.77. The molecule has 0 bridgehead atoms. The van der Waals surface area contributed by atoms with Crippen molar-refractivity contribution >= 4 is 0 Å². The molecule has 1 N–H and O–H groups in total. The Labute approximate surface area is 85.0 Å². The van der Waals surface area contributed by atoms with Gasteiger partial charge in [0, 0.05) is 18.8 Å². The summed E-state index contributed by atoms with van der Waals surface area (Å²) in [6.07, 6.45) is 5.28. The molecule has 2 heteroatoms. The van der Waals surface area contributed by atoms with Crippen molar-refractivity contribution in [3.63, 3.8) is 0 Å². The van der Waals surface area contributed by atoms with E-state index in [0.29, 0.717) is 11.3 Å². The molecule has 1 aliphatic rings. The molecule has 2 nitrogen and oxygen atoms in total. The van der Waals surface area contributed by atoms with Crippen molar-refractivity contribution in [2.24, 2.45) is 11.3 Å². The third kappa shape index (κ3) is 1.95. The highest BCUT2D eigenvalue weighted by molar-refractivity contribution is 5.12. The summed E-state index contributed by atoms with van der Waals surface area (Å²) in [7, 11) is 0. The van der Waals surface area contributed by atoms with E-state index in [2.05, 4.69) is 18.8 Å². The molecule has 2 rings (SSSR count). The SMILES string of the molecule is CC1(C)CC1C(O)Cc1cccnc1. The van der Waals surface area contributed by atoms with Crippen LogP contribution in [0.5, 0.6) is 0 Å². The minimum Gasteiger partial charge on any atom is -0.392 e. The Balaban J connectivity index is 1.93. The molecule has 0 aromatic carbocycles. The molecule has 14 heavy (non-hydrogen) atoms. The molecule has 76 valence electrons. The summed E-state index contributed by atoms with van der Waals surface area (Å²) in [5.41, 5.74) is 1.48. The first-order valence-electron chi connectivity index (χ1n) is 5.16. The van der Waals surface area contributed by atoms with Crippen LogP contribution >= 0.6 is 0 Å². The van der Waals surface area contributed by atoms with Crippen molar-refractivity contribution in [3.8, 4) is 0 Å². The lowest BCUT2D eigenvalue weighted by Crippen LogP contribution is -2.16. The van der Waals surface area contributed by atoms with E-state index in [1.165, 1.54) is 0 Å². The molecule has 1 aromatic rings. The van der Waals surface area contributed by atoms with Crippen LogP contribution in [-0.4, -0.2) is 16.2 Å². The highest BCUT2D eigenvalue weighted by Crippen LogP contribution is 2.53. The largest absolute Gasteiger partial charge is 0.392 e. The van der Waals surface area contributed by atoms with Crippen LogP contribution in [0.1, 0.15) is 25.8 Å². The van der Waals surface area contributed by atoms with Gasteiger partial charge in [0.05, 0.1) is 6.10 Å². The highest BCUT2D eigenvalue weighted by Gasteiger charge is 2.49. The zero-order chi connectivity index (χ0) is 10.2. The van der Waals surface area contributed by atoms with Gasteiger partial charge in [-0.25, -0.2) is 0 Å². The number of hydrogen-bond acceptors (Lipinski definition) is 2. The van der Waals surface area contributed by atoms with Crippen molar-refractivity contribution in [1.29, 1.82) is 0 Å². The molecule has 0 spiro atoms. The average molecular weight is 191 g/mol. The van der Waals surface area contributed by atoms with Crippen LogP contribution in [0.25, 0.3) is 0 Å². The van der Waals surface area contributed by atoms with Crippen molar-refractivity contribution in [2.45, 2.75) is 32.8 Å². The average Bonchev–Trinajstić information content (AvgIpc) is 2.77. The van der Waals surface area contributed by atoms with Crippen molar-refractivity contribution in [2.75, 3.05) is 0 Å². The van der Waals surface area contributed by atoms with Crippen LogP contribution in [0.2, 0.25) is 0 Å². The van der Waals surface area contributed by atoms with Crippen LogP contribution in [0, 0.1) is 11.3 Å². The minimum atomic E-state index is -0.200. The first-order valence-corrected chi connectivity index (χ1v) is 5.16. The van der Waals surface area contributed by atoms with Crippen LogP contribution in [0.4, 0.5) is 0 Å². The second-order valence-electron chi connectivity index (χ2n) is 4.93. The van der Waals surface area contributed by atoms with E-state index in [4.69, 9.17) is 0 Å². The van der Waals surface area contributed by atoms with Gasteiger partial charge in [0.25, 0.3) is 0 Å². The van der Waals surface area contributed by atoms with E-state index >= 15 is 0 Å². The van der Waals surface area contributed by atoms with Gasteiger partial charge in [0.15, 0.2) is 0 Å². The molecular weight excluding hydrogens is 174 g/mol.